The maximum Gasteiger partial charge on any atom is 0.174 e. The summed E-state index contributed by atoms with van der Waals surface area (Å²) in [5.74, 6) is 1.54. The van der Waals surface area contributed by atoms with Gasteiger partial charge in [-0.05, 0) is 55.3 Å². The quantitative estimate of drug-likeness (QED) is 0.511. The second-order valence-electron chi connectivity index (χ2n) is 6.67. The monoisotopic (exact) mass is 408 g/mol. The average molecular weight is 409 g/mol. The van der Waals surface area contributed by atoms with E-state index >= 15 is 0 Å². The second kappa shape index (κ2) is 10.3. The molecule has 0 radical (unpaired) electrons. The minimum absolute atomic E-state index is 0.215. The first kappa shape index (κ1) is 21.1. The summed E-state index contributed by atoms with van der Waals surface area (Å²) in [6.07, 6.45) is 6.01. The fraction of sp³-hybridized carbons (Fsp3) is 0.304. The van der Waals surface area contributed by atoms with Gasteiger partial charge in [-0.25, -0.2) is 9.67 Å². The number of hydrogen-bond acceptors (Lipinski definition) is 5. The highest BCUT2D eigenvalue weighted by atomic mass is 32.2. The molecule has 0 saturated heterocycles. The van der Waals surface area contributed by atoms with E-state index in [1.165, 1.54) is 4.90 Å². The molecular formula is C23H28N4OS. The Morgan fingerprint density at radius 3 is 2.41 bits per heavy atom. The van der Waals surface area contributed by atoms with Gasteiger partial charge in [0.2, 0.25) is 0 Å². The second-order valence-corrected chi connectivity index (χ2v) is 7.55. The summed E-state index contributed by atoms with van der Waals surface area (Å²) in [5.41, 5.74) is 1.80. The largest absolute Gasteiger partial charge is 0.507 e. The van der Waals surface area contributed by atoms with E-state index in [0.29, 0.717) is 23.8 Å². The number of hydrogen-bond donors (Lipinski definition) is 1. The predicted octanol–water partition coefficient (Wildman–Crippen LogP) is 4.88. The summed E-state index contributed by atoms with van der Waals surface area (Å²) >= 11 is 1.73. The number of para-hydroxylation sites is 1. The zero-order valence-corrected chi connectivity index (χ0v) is 18.1. The van der Waals surface area contributed by atoms with Crippen LogP contribution in [0.25, 0.3) is 23.5 Å². The number of rotatable bonds is 9. The van der Waals surface area contributed by atoms with Crippen LogP contribution >= 0.6 is 11.8 Å². The van der Waals surface area contributed by atoms with Crippen LogP contribution in [0.5, 0.6) is 5.75 Å². The number of nitrogens with zero attached hydrogens (tertiary/aromatic N) is 4. The van der Waals surface area contributed by atoms with Gasteiger partial charge in [-0.2, -0.15) is 5.10 Å². The smallest absolute Gasteiger partial charge is 0.174 e. The van der Waals surface area contributed by atoms with Gasteiger partial charge in [0, 0.05) is 11.4 Å². The summed E-state index contributed by atoms with van der Waals surface area (Å²) in [6, 6.07) is 15.7. The van der Waals surface area contributed by atoms with Crippen molar-refractivity contribution >= 4 is 23.9 Å². The van der Waals surface area contributed by atoms with Gasteiger partial charge in [-0.3, -0.25) is 0 Å². The number of phenols is 1. The number of aromatic hydroxyl groups is 1. The Morgan fingerprint density at radius 1 is 1.03 bits per heavy atom. The maximum absolute atomic E-state index is 10.3. The van der Waals surface area contributed by atoms with E-state index in [-0.39, 0.29) is 5.75 Å². The van der Waals surface area contributed by atoms with E-state index in [1.54, 1.807) is 17.8 Å². The molecule has 0 aliphatic carbocycles. The first-order valence-corrected chi connectivity index (χ1v) is 11.1. The lowest BCUT2D eigenvalue weighted by atomic mass is 10.2. The van der Waals surface area contributed by atoms with Crippen molar-refractivity contribution < 1.29 is 5.11 Å². The Bertz CT molecular complexity index is 946. The third-order valence-electron chi connectivity index (χ3n) is 4.90. The van der Waals surface area contributed by atoms with Crippen LogP contribution in [-0.4, -0.2) is 50.7 Å². The van der Waals surface area contributed by atoms with E-state index in [4.69, 9.17) is 10.1 Å². The number of phenolic OH excluding ortho intramolecular Hbond substituents is 1. The molecule has 6 heteroatoms. The Labute approximate surface area is 177 Å². The van der Waals surface area contributed by atoms with Crippen LogP contribution in [0.15, 0.2) is 53.4 Å². The number of aromatic nitrogens is 3. The summed E-state index contributed by atoms with van der Waals surface area (Å²) < 4.78 is 1.89. The Hall–Kier alpha value is -2.57. The fourth-order valence-electron chi connectivity index (χ4n) is 3.11. The molecule has 0 bridgehead atoms. The Morgan fingerprint density at radius 2 is 1.76 bits per heavy atom. The van der Waals surface area contributed by atoms with Gasteiger partial charge in [0.1, 0.15) is 5.75 Å². The molecule has 0 atom stereocenters. The molecule has 0 spiro atoms. The number of likely N-dealkylation sites (N-methyl/N-ethyl adjacent to an activating group) is 1. The van der Waals surface area contributed by atoms with Crippen molar-refractivity contribution in [2.45, 2.75) is 25.3 Å². The van der Waals surface area contributed by atoms with E-state index in [1.807, 2.05) is 35.0 Å². The van der Waals surface area contributed by atoms with Crippen LogP contribution in [0, 0.1) is 0 Å². The van der Waals surface area contributed by atoms with E-state index < -0.39 is 0 Å². The molecule has 3 rings (SSSR count). The highest BCUT2D eigenvalue weighted by molar-refractivity contribution is 7.98. The molecule has 0 aliphatic rings. The summed E-state index contributed by atoms with van der Waals surface area (Å²) in [7, 11) is 0. The van der Waals surface area contributed by atoms with Crippen LogP contribution in [-0.2, 0) is 6.54 Å². The standard InChI is InChI=1S/C23H28N4OS/c1-4-26(5-2)16-17-27-23(20-8-6-7-9-21(20)28)24-22(25-27)15-12-18-10-13-19(29-3)14-11-18/h6-15,28H,4-5,16-17H2,1-3H3. The van der Waals surface area contributed by atoms with E-state index in [0.717, 1.165) is 25.2 Å². The molecule has 1 heterocycles. The van der Waals surface area contributed by atoms with Crippen LogP contribution in [0.3, 0.4) is 0 Å². The Kier molecular flexibility index (Phi) is 7.49. The molecule has 5 nitrogen and oxygen atoms in total. The molecular weight excluding hydrogens is 380 g/mol. The lowest BCUT2D eigenvalue weighted by Crippen LogP contribution is -2.27. The third kappa shape index (κ3) is 5.49. The summed E-state index contributed by atoms with van der Waals surface area (Å²) in [5, 5.41) is 15.0. The number of thioether (sulfide) groups is 1. The topological polar surface area (TPSA) is 54.2 Å². The molecule has 0 saturated carbocycles. The van der Waals surface area contributed by atoms with Crippen LogP contribution in [0.1, 0.15) is 25.2 Å². The molecule has 152 valence electrons. The van der Waals surface area contributed by atoms with E-state index in [9.17, 15) is 5.11 Å². The van der Waals surface area contributed by atoms with Crippen molar-refractivity contribution in [3.8, 4) is 17.1 Å². The van der Waals surface area contributed by atoms with Gasteiger partial charge in [-0.1, -0.05) is 44.2 Å². The van der Waals surface area contributed by atoms with Gasteiger partial charge in [0.15, 0.2) is 11.6 Å². The van der Waals surface area contributed by atoms with Crippen molar-refractivity contribution in [3.63, 3.8) is 0 Å². The lowest BCUT2D eigenvalue weighted by Gasteiger charge is -2.18. The van der Waals surface area contributed by atoms with E-state index in [2.05, 4.69) is 49.3 Å². The normalized spacial score (nSPS) is 11.6. The van der Waals surface area contributed by atoms with Crippen LogP contribution in [0.2, 0.25) is 0 Å². The average Bonchev–Trinajstić information content (AvgIpc) is 3.16. The molecule has 2 aromatic carbocycles. The minimum Gasteiger partial charge on any atom is -0.507 e. The highest BCUT2D eigenvalue weighted by Gasteiger charge is 2.14. The molecule has 0 fully saturated rings. The molecule has 0 aliphatic heterocycles. The Balaban J connectivity index is 1.88. The molecule has 1 aromatic heterocycles. The minimum atomic E-state index is 0.215. The SMILES string of the molecule is CCN(CC)CCn1nc(C=Cc2ccc(SC)cc2)nc1-c1ccccc1O. The van der Waals surface area contributed by atoms with Gasteiger partial charge in [0.05, 0.1) is 12.1 Å². The molecule has 0 unspecified atom stereocenters. The predicted molar refractivity (Wildman–Crippen MR) is 122 cm³/mol. The van der Waals surface area contributed by atoms with Crippen molar-refractivity contribution in [3.05, 3.63) is 59.9 Å². The van der Waals surface area contributed by atoms with Crippen molar-refractivity contribution in [1.82, 2.24) is 19.7 Å². The van der Waals surface area contributed by atoms with Gasteiger partial charge < -0.3 is 10.0 Å². The van der Waals surface area contributed by atoms with Crippen molar-refractivity contribution in [2.75, 3.05) is 25.9 Å². The number of benzene rings is 2. The molecule has 0 amide bonds. The molecule has 29 heavy (non-hydrogen) atoms. The summed E-state index contributed by atoms with van der Waals surface area (Å²) in [4.78, 5) is 8.29. The van der Waals surface area contributed by atoms with Crippen molar-refractivity contribution in [1.29, 1.82) is 0 Å². The maximum atomic E-state index is 10.3. The molecule has 1 N–H and O–H groups in total. The summed E-state index contributed by atoms with van der Waals surface area (Å²) in [6.45, 7) is 7.91. The van der Waals surface area contributed by atoms with Crippen molar-refractivity contribution in [2.24, 2.45) is 0 Å². The third-order valence-corrected chi connectivity index (χ3v) is 5.64. The van der Waals surface area contributed by atoms with Gasteiger partial charge in [-0.15, -0.1) is 11.8 Å². The first-order chi connectivity index (χ1) is 14.1. The highest BCUT2D eigenvalue weighted by Crippen LogP contribution is 2.27. The molecule has 3 aromatic rings. The first-order valence-electron chi connectivity index (χ1n) is 9.92. The zero-order valence-electron chi connectivity index (χ0n) is 17.2. The van der Waals surface area contributed by atoms with Crippen LogP contribution in [0.4, 0.5) is 0 Å². The zero-order chi connectivity index (χ0) is 20.6. The van der Waals surface area contributed by atoms with Gasteiger partial charge >= 0.3 is 0 Å². The van der Waals surface area contributed by atoms with Crippen LogP contribution < -0.4 is 0 Å². The lowest BCUT2D eigenvalue weighted by molar-refractivity contribution is 0.286. The van der Waals surface area contributed by atoms with Gasteiger partial charge in [0.25, 0.3) is 0 Å². The fourth-order valence-corrected chi connectivity index (χ4v) is 3.52.